The van der Waals surface area contributed by atoms with Crippen LogP contribution in [0, 0.1) is 22.7 Å². The molecule has 24 heavy (non-hydrogen) atoms. The second-order valence-corrected chi connectivity index (χ2v) is 8.19. The third-order valence-corrected chi connectivity index (χ3v) is 7.04. The summed E-state index contributed by atoms with van der Waals surface area (Å²) < 4.78 is 10.7. The number of hydrogen-bond donors (Lipinski definition) is 1. The van der Waals surface area contributed by atoms with Gasteiger partial charge in [0.05, 0.1) is 24.5 Å². The van der Waals surface area contributed by atoms with Crippen LogP contribution in [-0.2, 0) is 16.0 Å². The molecule has 3 aliphatic rings. The van der Waals surface area contributed by atoms with Gasteiger partial charge in [-0.05, 0) is 55.1 Å². The van der Waals surface area contributed by atoms with Crippen molar-refractivity contribution in [3.63, 3.8) is 0 Å². The second-order valence-electron chi connectivity index (χ2n) is 8.19. The first-order valence-corrected chi connectivity index (χ1v) is 9.04. The molecule has 0 radical (unpaired) electrons. The monoisotopic (exact) mass is 330 g/mol. The fraction of sp³-hybridized carbons (Fsp3) is 0.650. The van der Waals surface area contributed by atoms with Gasteiger partial charge in [-0.3, -0.25) is 4.79 Å². The van der Waals surface area contributed by atoms with E-state index in [0.29, 0.717) is 18.9 Å². The lowest BCUT2D eigenvalue weighted by atomic mass is 9.49. The van der Waals surface area contributed by atoms with E-state index in [9.17, 15) is 9.90 Å². The first-order valence-electron chi connectivity index (χ1n) is 9.04. The van der Waals surface area contributed by atoms with Crippen LogP contribution < -0.4 is 0 Å². The largest absolute Gasteiger partial charge is 0.472 e. The quantitative estimate of drug-likeness (QED) is 0.681. The third kappa shape index (κ3) is 2.19. The molecule has 0 bridgehead atoms. The highest BCUT2D eigenvalue weighted by Gasteiger charge is 2.61. The summed E-state index contributed by atoms with van der Waals surface area (Å²) in [5.41, 5.74) is 2.26. The van der Waals surface area contributed by atoms with Gasteiger partial charge in [0.15, 0.2) is 0 Å². The molecule has 1 aromatic rings. The van der Waals surface area contributed by atoms with Gasteiger partial charge < -0.3 is 14.3 Å². The predicted octanol–water partition coefficient (Wildman–Crippen LogP) is 3.50. The van der Waals surface area contributed by atoms with Crippen molar-refractivity contribution in [1.29, 1.82) is 0 Å². The van der Waals surface area contributed by atoms with Crippen LogP contribution in [0.3, 0.4) is 0 Å². The van der Waals surface area contributed by atoms with E-state index in [1.807, 2.05) is 18.4 Å². The zero-order valence-corrected chi connectivity index (χ0v) is 14.5. The Kier molecular flexibility index (Phi) is 3.64. The fourth-order valence-corrected chi connectivity index (χ4v) is 5.30. The van der Waals surface area contributed by atoms with E-state index in [1.54, 1.807) is 6.26 Å². The smallest absolute Gasteiger partial charge is 0.310 e. The molecule has 1 aromatic heterocycles. The van der Waals surface area contributed by atoms with Crippen LogP contribution in [0.1, 0.15) is 45.1 Å². The number of cyclic esters (lactones) is 1. The average molecular weight is 330 g/mol. The maximum Gasteiger partial charge on any atom is 0.310 e. The number of carbonyl (C=O) groups excluding carboxylic acids is 1. The molecule has 4 heteroatoms. The Labute approximate surface area is 142 Å². The summed E-state index contributed by atoms with van der Waals surface area (Å²) in [6.45, 7) is 5.10. The van der Waals surface area contributed by atoms with Crippen molar-refractivity contribution in [2.45, 2.75) is 52.1 Å². The van der Waals surface area contributed by atoms with Gasteiger partial charge in [-0.15, -0.1) is 0 Å². The van der Waals surface area contributed by atoms with E-state index in [1.165, 1.54) is 11.1 Å². The number of aliphatic hydroxyl groups excluding tert-OH is 1. The van der Waals surface area contributed by atoms with E-state index >= 15 is 0 Å². The van der Waals surface area contributed by atoms with Gasteiger partial charge >= 0.3 is 5.97 Å². The average Bonchev–Trinajstić information content (AvgIpc) is 3.18. The Bertz CT molecular complexity index is 661. The first-order chi connectivity index (χ1) is 11.5. The number of carbonyl (C=O) groups is 1. The van der Waals surface area contributed by atoms with Crippen LogP contribution in [0.4, 0.5) is 0 Å². The molecule has 0 amide bonds. The lowest BCUT2D eigenvalue weighted by Gasteiger charge is -2.54. The molecule has 5 unspecified atom stereocenters. The molecule has 2 fully saturated rings. The van der Waals surface area contributed by atoms with Crippen molar-refractivity contribution in [2.75, 3.05) is 6.61 Å². The standard InChI is InChI=1S/C20H26O4/c1-13-3-7-20-12-24-18(22)16(20)9-15(21)10-17(20)19(13,2)6-4-14-5-8-23-11-14/h5,8,10-11,13,15-16,21H,3-4,6-7,9,12H2,1-2H3. The molecule has 130 valence electrons. The molecule has 2 heterocycles. The minimum Gasteiger partial charge on any atom is -0.472 e. The van der Waals surface area contributed by atoms with Crippen LogP contribution in [0.2, 0.25) is 0 Å². The Balaban J connectivity index is 1.71. The Hall–Kier alpha value is -1.55. The minimum absolute atomic E-state index is 0.0247. The summed E-state index contributed by atoms with van der Waals surface area (Å²) in [6.07, 6.45) is 9.57. The fourth-order valence-electron chi connectivity index (χ4n) is 5.30. The molecule has 1 N–H and O–H groups in total. The first kappa shape index (κ1) is 15.9. The van der Waals surface area contributed by atoms with Crippen LogP contribution in [0.15, 0.2) is 34.7 Å². The van der Waals surface area contributed by atoms with E-state index < -0.39 is 6.10 Å². The van der Waals surface area contributed by atoms with Crippen molar-refractivity contribution in [3.8, 4) is 0 Å². The van der Waals surface area contributed by atoms with Crippen molar-refractivity contribution in [2.24, 2.45) is 22.7 Å². The van der Waals surface area contributed by atoms with Gasteiger partial charge in [-0.25, -0.2) is 0 Å². The highest BCUT2D eigenvalue weighted by atomic mass is 16.5. The number of hydrogen-bond acceptors (Lipinski definition) is 4. The van der Waals surface area contributed by atoms with Crippen LogP contribution in [0.25, 0.3) is 0 Å². The number of aryl methyl sites for hydroxylation is 1. The second kappa shape index (κ2) is 5.48. The van der Waals surface area contributed by atoms with Gasteiger partial charge in [0, 0.05) is 5.41 Å². The Morgan fingerprint density at radius 1 is 1.42 bits per heavy atom. The normalized spacial score (nSPS) is 41.4. The Morgan fingerprint density at radius 2 is 2.25 bits per heavy atom. The van der Waals surface area contributed by atoms with Gasteiger partial charge in [-0.1, -0.05) is 25.5 Å². The number of esters is 1. The summed E-state index contributed by atoms with van der Waals surface area (Å²) in [5, 5.41) is 10.4. The van der Waals surface area contributed by atoms with Crippen LogP contribution in [-0.4, -0.2) is 23.8 Å². The number of aliphatic hydroxyl groups is 1. The maximum atomic E-state index is 12.3. The predicted molar refractivity (Wildman–Crippen MR) is 89.1 cm³/mol. The zero-order valence-electron chi connectivity index (χ0n) is 14.5. The molecule has 5 atom stereocenters. The molecular formula is C20H26O4. The Morgan fingerprint density at radius 3 is 3.00 bits per heavy atom. The number of rotatable bonds is 3. The van der Waals surface area contributed by atoms with E-state index in [4.69, 9.17) is 9.15 Å². The van der Waals surface area contributed by atoms with Crippen molar-refractivity contribution in [3.05, 3.63) is 35.8 Å². The summed E-state index contributed by atoms with van der Waals surface area (Å²) in [7, 11) is 0. The number of ether oxygens (including phenoxy) is 1. The molecule has 0 aromatic carbocycles. The molecular weight excluding hydrogens is 304 g/mol. The SMILES string of the molecule is CC1CCC23COC(=O)C2CC(O)C=C3C1(C)CCc1ccoc1. The van der Waals surface area contributed by atoms with Gasteiger partial charge in [0.1, 0.15) is 6.61 Å². The van der Waals surface area contributed by atoms with Crippen LogP contribution in [0.5, 0.6) is 0 Å². The highest BCUT2D eigenvalue weighted by Crippen LogP contribution is 2.63. The topological polar surface area (TPSA) is 59.7 Å². The van der Waals surface area contributed by atoms with Crippen molar-refractivity contribution < 1.29 is 19.1 Å². The van der Waals surface area contributed by atoms with Crippen molar-refractivity contribution in [1.82, 2.24) is 0 Å². The zero-order chi connectivity index (χ0) is 16.9. The molecule has 1 saturated carbocycles. The van der Waals surface area contributed by atoms with Gasteiger partial charge in [0.25, 0.3) is 0 Å². The third-order valence-electron chi connectivity index (χ3n) is 7.04. The van der Waals surface area contributed by atoms with E-state index in [-0.39, 0.29) is 22.7 Å². The molecule has 1 aliphatic heterocycles. The van der Waals surface area contributed by atoms with Crippen LogP contribution >= 0.6 is 0 Å². The lowest BCUT2D eigenvalue weighted by molar-refractivity contribution is -0.142. The summed E-state index contributed by atoms with van der Waals surface area (Å²) in [4.78, 5) is 12.3. The number of furan rings is 1. The maximum absolute atomic E-state index is 12.3. The van der Waals surface area contributed by atoms with E-state index in [2.05, 4.69) is 13.8 Å². The van der Waals surface area contributed by atoms with Gasteiger partial charge in [-0.2, -0.15) is 0 Å². The van der Waals surface area contributed by atoms with E-state index in [0.717, 1.165) is 25.7 Å². The summed E-state index contributed by atoms with van der Waals surface area (Å²) >= 11 is 0. The highest BCUT2D eigenvalue weighted by molar-refractivity contribution is 5.77. The molecule has 1 saturated heterocycles. The minimum atomic E-state index is -0.540. The lowest BCUT2D eigenvalue weighted by Crippen LogP contribution is -2.50. The molecule has 2 aliphatic carbocycles. The summed E-state index contributed by atoms with van der Waals surface area (Å²) in [5.74, 6) is 0.225. The molecule has 4 rings (SSSR count). The summed E-state index contributed by atoms with van der Waals surface area (Å²) in [6, 6.07) is 2.02. The van der Waals surface area contributed by atoms with Gasteiger partial charge in [0.2, 0.25) is 0 Å². The molecule has 4 nitrogen and oxygen atoms in total. The molecule has 1 spiro atoms. The van der Waals surface area contributed by atoms with Crippen molar-refractivity contribution >= 4 is 5.97 Å².